The third-order valence-corrected chi connectivity index (χ3v) is 5.10. The number of carbonyl (C=O) groups excluding carboxylic acids is 1. The average Bonchev–Trinajstić information content (AvgIpc) is 3.28. The summed E-state index contributed by atoms with van der Waals surface area (Å²) in [5.74, 6) is -0.618. The number of nitro groups is 1. The van der Waals surface area contributed by atoms with Crippen molar-refractivity contribution in [3.63, 3.8) is 0 Å². The topological polar surface area (TPSA) is 135 Å². The Morgan fingerprint density at radius 1 is 1.17 bits per heavy atom. The molecule has 154 valence electrons. The van der Waals surface area contributed by atoms with Gasteiger partial charge in [-0.2, -0.15) is 0 Å². The first kappa shape index (κ1) is 19.7. The van der Waals surface area contributed by atoms with E-state index < -0.39 is 29.1 Å². The lowest BCUT2D eigenvalue weighted by Gasteiger charge is -2.24. The molecule has 0 radical (unpaired) electrons. The Morgan fingerprint density at radius 2 is 1.90 bits per heavy atom. The second-order valence-electron chi connectivity index (χ2n) is 7.17. The minimum absolute atomic E-state index is 0.143. The number of hydrogen-bond donors (Lipinski definition) is 2. The number of nitro benzene ring substituents is 1. The molecule has 30 heavy (non-hydrogen) atoms. The molecule has 2 heterocycles. The number of likely N-dealkylation sites (tertiary alicyclic amines) is 1. The fourth-order valence-electron chi connectivity index (χ4n) is 3.60. The molecule has 2 N–H and O–H groups in total. The molecule has 1 aromatic heterocycles. The van der Waals surface area contributed by atoms with Gasteiger partial charge in [0.2, 0.25) is 0 Å². The van der Waals surface area contributed by atoms with Crippen molar-refractivity contribution < 1.29 is 19.9 Å². The zero-order chi connectivity index (χ0) is 21.4. The first-order chi connectivity index (χ1) is 14.4. The first-order valence-electron chi connectivity index (χ1n) is 9.25. The van der Waals surface area contributed by atoms with Gasteiger partial charge < -0.3 is 15.1 Å². The Bertz CT molecular complexity index is 1100. The Balaban J connectivity index is 1.70. The molecule has 10 nitrogen and oxygen atoms in total. The molecule has 0 saturated carbocycles. The van der Waals surface area contributed by atoms with Gasteiger partial charge in [0.25, 0.3) is 11.6 Å². The molecular formula is C20H19N5O5. The van der Waals surface area contributed by atoms with Gasteiger partial charge in [-0.3, -0.25) is 14.9 Å². The van der Waals surface area contributed by atoms with E-state index in [0.717, 1.165) is 11.1 Å². The lowest BCUT2D eigenvalue weighted by molar-refractivity contribution is -0.384. The fourth-order valence-corrected chi connectivity index (χ4v) is 3.60. The van der Waals surface area contributed by atoms with E-state index in [0.29, 0.717) is 0 Å². The molecule has 1 amide bonds. The molecule has 4 rings (SSSR count). The molecule has 10 heteroatoms. The molecule has 1 aliphatic rings. The first-order valence-corrected chi connectivity index (χ1v) is 9.25. The second-order valence-corrected chi connectivity index (χ2v) is 7.17. The van der Waals surface area contributed by atoms with Crippen molar-refractivity contribution in [1.29, 1.82) is 0 Å². The van der Waals surface area contributed by atoms with Gasteiger partial charge in [-0.1, -0.05) is 41.6 Å². The SMILES string of the molecule is Cc1ccc(-n2cc([C@@H]3[C@H](O)[C@@H](O)C(=O)N3Cc3ccccc3)nn2)c([N+](=O)[O-])c1. The summed E-state index contributed by atoms with van der Waals surface area (Å²) in [5.41, 5.74) is 1.82. The van der Waals surface area contributed by atoms with E-state index in [9.17, 15) is 25.1 Å². The lowest BCUT2D eigenvalue weighted by atomic mass is 10.1. The standard InChI is InChI=1S/C20H19N5O5/c1-12-7-8-15(16(9-12)25(29)30)24-11-14(21-22-24)17-18(26)19(27)20(28)23(17)10-13-5-3-2-4-6-13/h2-9,11,17-19,26-27H,10H2,1H3/t17-,18+,19-/m1/s1. The third-order valence-electron chi connectivity index (χ3n) is 5.10. The van der Waals surface area contributed by atoms with E-state index in [2.05, 4.69) is 10.3 Å². The second kappa shape index (κ2) is 7.65. The Kier molecular flexibility index (Phi) is 5.02. The third kappa shape index (κ3) is 3.42. The molecule has 1 saturated heterocycles. The summed E-state index contributed by atoms with van der Waals surface area (Å²) in [4.78, 5) is 24.8. The van der Waals surface area contributed by atoms with Crippen molar-refractivity contribution in [3.05, 3.63) is 81.7 Å². The maximum atomic E-state index is 12.5. The fraction of sp³-hybridized carbons (Fsp3) is 0.250. The lowest BCUT2D eigenvalue weighted by Crippen LogP contribution is -2.30. The van der Waals surface area contributed by atoms with Crippen LogP contribution in [0.5, 0.6) is 0 Å². The van der Waals surface area contributed by atoms with E-state index in [1.165, 1.54) is 21.8 Å². The van der Waals surface area contributed by atoms with E-state index in [1.807, 2.05) is 30.3 Å². The van der Waals surface area contributed by atoms with Crippen molar-refractivity contribution in [3.8, 4) is 5.69 Å². The highest BCUT2D eigenvalue weighted by Crippen LogP contribution is 2.34. The number of amides is 1. The maximum absolute atomic E-state index is 12.5. The van der Waals surface area contributed by atoms with E-state index >= 15 is 0 Å². The number of aliphatic hydroxyl groups excluding tert-OH is 2. The number of nitrogens with zero attached hydrogens (tertiary/aromatic N) is 5. The van der Waals surface area contributed by atoms with Gasteiger partial charge in [0.05, 0.1) is 11.1 Å². The predicted octanol–water partition coefficient (Wildman–Crippen LogP) is 1.29. The van der Waals surface area contributed by atoms with Gasteiger partial charge in [0, 0.05) is 12.6 Å². The van der Waals surface area contributed by atoms with Crippen LogP contribution in [0.15, 0.2) is 54.7 Å². The van der Waals surface area contributed by atoms with Crippen LogP contribution in [0.1, 0.15) is 22.9 Å². The van der Waals surface area contributed by atoms with Crippen LogP contribution in [0.4, 0.5) is 5.69 Å². The molecule has 3 atom stereocenters. The summed E-state index contributed by atoms with van der Waals surface area (Å²) in [7, 11) is 0. The summed E-state index contributed by atoms with van der Waals surface area (Å²) < 4.78 is 1.23. The minimum atomic E-state index is -1.59. The van der Waals surface area contributed by atoms with Crippen molar-refractivity contribution in [2.24, 2.45) is 0 Å². The zero-order valence-electron chi connectivity index (χ0n) is 16.0. The Labute approximate surface area is 171 Å². The number of aliphatic hydroxyl groups is 2. The Morgan fingerprint density at radius 3 is 2.60 bits per heavy atom. The van der Waals surface area contributed by atoms with Crippen LogP contribution in [0.2, 0.25) is 0 Å². The molecular weight excluding hydrogens is 390 g/mol. The molecule has 2 aromatic carbocycles. The van der Waals surface area contributed by atoms with Crippen LogP contribution >= 0.6 is 0 Å². The van der Waals surface area contributed by atoms with Crippen LogP contribution in [-0.4, -0.2) is 53.1 Å². The van der Waals surface area contributed by atoms with Crippen molar-refractivity contribution in [1.82, 2.24) is 19.9 Å². The monoisotopic (exact) mass is 409 g/mol. The molecule has 1 aliphatic heterocycles. The van der Waals surface area contributed by atoms with Crippen LogP contribution in [0.3, 0.4) is 0 Å². The smallest absolute Gasteiger partial charge is 0.295 e. The van der Waals surface area contributed by atoms with Crippen LogP contribution < -0.4 is 0 Å². The zero-order valence-corrected chi connectivity index (χ0v) is 16.0. The summed E-state index contributed by atoms with van der Waals surface area (Å²) in [6.45, 7) is 1.91. The molecule has 0 aliphatic carbocycles. The predicted molar refractivity (Wildman–Crippen MR) is 104 cm³/mol. The van der Waals surface area contributed by atoms with Gasteiger partial charge in [0.15, 0.2) is 6.10 Å². The van der Waals surface area contributed by atoms with Gasteiger partial charge in [0.1, 0.15) is 23.5 Å². The van der Waals surface area contributed by atoms with E-state index in [4.69, 9.17) is 0 Å². The minimum Gasteiger partial charge on any atom is -0.387 e. The number of benzene rings is 2. The van der Waals surface area contributed by atoms with Gasteiger partial charge in [-0.05, 0) is 24.1 Å². The number of hydrogen-bond acceptors (Lipinski definition) is 7. The van der Waals surface area contributed by atoms with E-state index in [-0.39, 0.29) is 23.6 Å². The Hall–Kier alpha value is -3.63. The highest BCUT2D eigenvalue weighted by molar-refractivity contribution is 5.84. The largest absolute Gasteiger partial charge is 0.387 e. The molecule has 0 spiro atoms. The summed E-state index contributed by atoms with van der Waals surface area (Å²) in [6, 6.07) is 12.9. The number of carbonyl (C=O) groups is 1. The van der Waals surface area contributed by atoms with Crippen LogP contribution in [0, 0.1) is 17.0 Å². The maximum Gasteiger partial charge on any atom is 0.295 e. The number of rotatable bonds is 5. The van der Waals surface area contributed by atoms with Gasteiger partial charge in [-0.25, -0.2) is 4.68 Å². The van der Waals surface area contributed by atoms with Crippen molar-refractivity contribution in [2.75, 3.05) is 0 Å². The molecule has 0 unspecified atom stereocenters. The molecule has 1 fully saturated rings. The molecule has 0 bridgehead atoms. The highest BCUT2D eigenvalue weighted by atomic mass is 16.6. The highest BCUT2D eigenvalue weighted by Gasteiger charge is 2.48. The molecule has 3 aromatic rings. The number of aryl methyl sites for hydroxylation is 1. The summed E-state index contributed by atoms with van der Waals surface area (Å²) in [6.07, 6.45) is -1.56. The van der Waals surface area contributed by atoms with Crippen LogP contribution in [-0.2, 0) is 11.3 Å². The normalized spacial score (nSPS) is 21.2. The van der Waals surface area contributed by atoms with Gasteiger partial charge >= 0.3 is 0 Å². The summed E-state index contributed by atoms with van der Waals surface area (Å²) >= 11 is 0. The quantitative estimate of drug-likeness (QED) is 0.479. The van der Waals surface area contributed by atoms with E-state index in [1.54, 1.807) is 19.1 Å². The van der Waals surface area contributed by atoms with Crippen LogP contribution in [0.25, 0.3) is 5.69 Å². The number of aromatic nitrogens is 3. The summed E-state index contributed by atoms with van der Waals surface area (Å²) in [5, 5.41) is 40.0. The van der Waals surface area contributed by atoms with Crippen molar-refractivity contribution >= 4 is 11.6 Å². The average molecular weight is 409 g/mol. The van der Waals surface area contributed by atoms with Gasteiger partial charge in [-0.15, -0.1) is 5.10 Å². The van der Waals surface area contributed by atoms with Crippen molar-refractivity contribution in [2.45, 2.75) is 31.7 Å².